The molecule has 0 aliphatic heterocycles. The van der Waals surface area contributed by atoms with E-state index in [-0.39, 0.29) is 11.9 Å². The third-order valence-corrected chi connectivity index (χ3v) is 4.93. The van der Waals surface area contributed by atoms with E-state index in [1.54, 1.807) is 18.4 Å². The van der Waals surface area contributed by atoms with Crippen molar-refractivity contribution >= 4 is 22.9 Å². The fourth-order valence-electron chi connectivity index (χ4n) is 2.20. The lowest BCUT2D eigenvalue weighted by Crippen LogP contribution is -3.12. The number of aryl methyl sites for hydroxylation is 1. The largest absolute Gasteiger partial charge is 0.495 e. The first-order valence-electron chi connectivity index (χ1n) is 7.32. The second-order valence-corrected chi connectivity index (χ2v) is 6.46. The maximum atomic E-state index is 12.5. The van der Waals surface area contributed by atoms with E-state index >= 15 is 0 Å². The van der Waals surface area contributed by atoms with E-state index in [1.807, 2.05) is 38.2 Å². The second-order valence-electron chi connectivity index (χ2n) is 5.46. The lowest BCUT2D eigenvalue weighted by Gasteiger charge is -2.21. The summed E-state index contributed by atoms with van der Waals surface area (Å²) in [4.78, 5) is 14.9. The Morgan fingerprint density at radius 2 is 2.09 bits per heavy atom. The number of nitrogens with one attached hydrogen (secondary N) is 2. The van der Waals surface area contributed by atoms with Crippen molar-refractivity contribution in [3.8, 4) is 5.75 Å². The number of quaternary nitrogens is 1. The first-order valence-corrected chi connectivity index (χ1v) is 8.20. The molecule has 1 aromatic carbocycles. The van der Waals surface area contributed by atoms with Gasteiger partial charge in [-0.15, -0.1) is 11.3 Å². The molecule has 0 saturated carbocycles. The van der Waals surface area contributed by atoms with Crippen LogP contribution in [0.15, 0.2) is 35.7 Å². The topological polar surface area (TPSA) is 42.8 Å². The van der Waals surface area contributed by atoms with Crippen molar-refractivity contribution in [1.82, 2.24) is 0 Å². The average Bonchev–Trinajstić information content (AvgIpc) is 2.92. The number of hydrogen-bond donors (Lipinski definition) is 2. The molecule has 2 rings (SSSR count). The third kappa shape index (κ3) is 3.87. The van der Waals surface area contributed by atoms with E-state index in [1.165, 1.54) is 10.4 Å². The molecule has 0 radical (unpaired) electrons. The molecule has 1 aromatic heterocycles. The van der Waals surface area contributed by atoms with Crippen LogP contribution in [0.25, 0.3) is 0 Å². The van der Waals surface area contributed by atoms with Gasteiger partial charge < -0.3 is 15.0 Å². The van der Waals surface area contributed by atoms with Crippen LogP contribution in [0.1, 0.15) is 17.4 Å². The standard InChI is InChI=1S/C17H22N2O2S/c1-12-9-10-22-16(12)11-19(3)13(2)17(20)18-14-7-5-6-8-15(14)21-4/h5-10,13H,11H2,1-4H3,(H,18,20)/p+1/t13-/m0/s1. The monoisotopic (exact) mass is 319 g/mol. The first-order chi connectivity index (χ1) is 10.5. The summed E-state index contributed by atoms with van der Waals surface area (Å²) in [6.07, 6.45) is 0. The maximum Gasteiger partial charge on any atom is 0.282 e. The van der Waals surface area contributed by atoms with Gasteiger partial charge in [-0.3, -0.25) is 4.79 Å². The summed E-state index contributed by atoms with van der Waals surface area (Å²) in [5, 5.41) is 5.05. The van der Waals surface area contributed by atoms with Gasteiger partial charge in [-0.1, -0.05) is 12.1 Å². The molecule has 2 N–H and O–H groups in total. The molecule has 0 saturated heterocycles. The number of hydrogen-bond acceptors (Lipinski definition) is 3. The molecule has 4 nitrogen and oxygen atoms in total. The molecule has 0 aliphatic rings. The molecule has 22 heavy (non-hydrogen) atoms. The fraction of sp³-hybridized carbons (Fsp3) is 0.353. The highest BCUT2D eigenvalue weighted by molar-refractivity contribution is 7.10. The van der Waals surface area contributed by atoms with Crippen LogP contribution in [-0.2, 0) is 11.3 Å². The fourth-order valence-corrected chi connectivity index (χ4v) is 3.21. The van der Waals surface area contributed by atoms with E-state index in [9.17, 15) is 4.79 Å². The molecule has 0 bridgehead atoms. The highest BCUT2D eigenvalue weighted by Crippen LogP contribution is 2.22. The Morgan fingerprint density at radius 3 is 2.73 bits per heavy atom. The van der Waals surface area contributed by atoms with Crippen molar-refractivity contribution in [3.63, 3.8) is 0 Å². The van der Waals surface area contributed by atoms with Gasteiger partial charge in [-0.05, 0) is 43.0 Å². The zero-order valence-corrected chi connectivity index (χ0v) is 14.3. The predicted molar refractivity (Wildman–Crippen MR) is 90.7 cm³/mol. The van der Waals surface area contributed by atoms with Crippen LogP contribution in [0.2, 0.25) is 0 Å². The molecular formula is C17H23N2O2S+. The van der Waals surface area contributed by atoms with Crippen LogP contribution in [0.3, 0.4) is 0 Å². The van der Waals surface area contributed by atoms with Crippen LogP contribution in [0, 0.1) is 6.92 Å². The predicted octanol–water partition coefficient (Wildman–Crippen LogP) is 2.11. The van der Waals surface area contributed by atoms with Crippen molar-refractivity contribution in [2.75, 3.05) is 19.5 Å². The smallest absolute Gasteiger partial charge is 0.282 e. The summed E-state index contributed by atoms with van der Waals surface area (Å²) in [6, 6.07) is 9.43. The van der Waals surface area contributed by atoms with Gasteiger partial charge in [0.25, 0.3) is 5.91 Å². The van der Waals surface area contributed by atoms with Gasteiger partial charge in [-0.2, -0.15) is 0 Å². The first kappa shape index (κ1) is 16.5. The summed E-state index contributed by atoms with van der Waals surface area (Å²) in [6.45, 7) is 4.91. The van der Waals surface area contributed by atoms with Crippen molar-refractivity contribution in [3.05, 3.63) is 46.2 Å². The Balaban J connectivity index is 2.01. The Labute approximate surface area is 135 Å². The van der Waals surface area contributed by atoms with Crippen molar-refractivity contribution < 1.29 is 14.4 Å². The Bertz CT molecular complexity index is 639. The quantitative estimate of drug-likeness (QED) is 0.856. The van der Waals surface area contributed by atoms with Gasteiger partial charge in [0, 0.05) is 0 Å². The molecule has 2 aromatic rings. The number of rotatable bonds is 6. The minimum absolute atomic E-state index is 0.00351. The highest BCUT2D eigenvalue weighted by atomic mass is 32.1. The van der Waals surface area contributed by atoms with E-state index in [4.69, 9.17) is 4.74 Å². The van der Waals surface area contributed by atoms with Crippen molar-refractivity contribution in [1.29, 1.82) is 0 Å². The summed E-state index contributed by atoms with van der Waals surface area (Å²) in [5.74, 6) is 0.672. The highest BCUT2D eigenvalue weighted by Gasteiger charge is 2.23. The molecule has 5 heteroatoms. The summed E-state index contributed by atoms with van der Waals surface area (Å²) in [7, 11) is 3.65. The van der Waals surface area contributed by atoms with Crippen molar-refractivity contribution in [2.24, 2.45) is 0 Å². The van der Waals surface area contributed by atoms with E-state index in [2.05, 4.69) is 23.7 Å². The molecule has 0 fully saturated rings. The van der Waals surface area contributed by atoms with Crippen LogP contribution in [0.5, 0.6) is 5.75 Å². The number of amides is 1. The van der Waals surface area contributed by atoms with Crippen molar-refractivity contribution in [2.45, 2.75) is 26.4 Å². The maximum absolute atomic E-state index is 12.5. The number of anilines is 1. The summed E-state index contributed by atoms with van der Waals surface area (Å²) < 4.78 is 5.27. The third-order valence-electron chi connectivity index (χ3n) is 3.90. The van der Waals surface area contributed by atoms with Gasteiger partial charge in [0.15, 0.2) is 6.04 Å². The van der Waals surface area contributed by atoms with Crippen LogP contribution in [0.4, 0.5) is 5.69 Å². The normalized spacial score (nSPS) is 13.5. The number of ether oxygens (including phenoxy) is 1. The van der Waals surface area contributed by atoms with E-state index in [0.29, 0.717) is 11.4 Å². The minimum atomic E-state index is -0.147. The summed E-state index contributed by atoms with van der Waals surface area (Å²) >= 11 is 1.74. The van der Waals surface area contributed by atoms with E-state index < -0.39 is 0 Å². The van der Waals surface area contributed by atoms with Gasteiger partial charge in [0.1, 0.15) is 12.3 Å². The van der Waals surface area contributed by atoms with Crippen LogP contribution < -0.4 is 15.0 Å². The van der Waals surface area contributed by atoms with Gasteiger partial charge in [0.05, 0.1) is 24.7 Å². The van der Waals surface area contributed by atoms with Gasteiger partial charge in [0.2, 0.25) is 0 Å². The second kappa shape index (κ2) is 7.42. The zero-order valence-electron chi connectivity index (χ0n) is 13.5. The Kier molecular flexibility index (Phi) is 5.57. The lowest BCUT2D eigenvalue weighted by atomic mass is 10.2. The SMILES string of the molecule is COc1ccccc1NC(=O)[C@H](C)[NH+](C)Cc1sccc1C. The van der Waals surface area contributed by atoms with Gasteiger partial charge >= 0.3 is 0 Å². The van der Waals surface area contributed by atoms with Crippen LogP contribution >= 0.6 is 11.3 Å². The van der Waals surface area contributed by atoms with Crippen LogP contribution in [-0.4, -0.2) is 26.1 Å². The Hall–Kier alpha value is -1.85. The molecule has 0 aliphatic carbocycles. The number of likely N-dealkylation sites (N-methyl/N-ethyl adjacent to an activating group) is 1. The molecule has 2 atom stereocenters. The number of methoxy groups -OCH3 is 1. The molecule has 0 spiro atoms. The number of para-hydroxylation sites is 2. The number of thiophene rings is 1. The number of benzene rings is 1. The zero-order chi connectivity index (χ0) is 16.1. The number of carbonyl (C=O) groups is 1. The average molecular weight is 319 g/mol. The minimum Gasteiger partial charge on any atom is -0.495 e. The lowest BCUT2D eigenvalue weighted by molar-refractivity contribution is -0.907. The molecular weight excluding hydrogens is 296 g/mol. The molecule has 1 amide bonds. The summed E-state index contributed by atoms with van der Waals surface area (Å²) in [5.41, 5.74) is 2.00. The van der Waals surface area contributed by atoms with E-state index in [0.717, 1.165) is 11.4 Å². The number of carbonyl (C=O) groups excluding carboxylic acids is 1. The molecule has 1 unspecified atom stereocenters. The Morgan fingerprint density at radius 1 is 1.36 bits per heavy atom. The van der Waals surface area contributed by atoms with Gasteiger partial charge in [-0.25, -0.2) is 0 Å². The molecule has 1 heterocycles. The molecule has 118 valence electrons.